The fourth-order valence-electron chi connectivity index (χ4n) is 3.85. The fraction of sp³-hybridized carbons (Fsp3) is 0.579. The lowest BCUT2D eigenvalue weighted by Gasteiger charge is -2.17. The Hall–Kier alpha value is -1.49. The number of likely N-dealkylation sites (N-methyl/N-ethyl adjacent to an activating group) is 1. The molecule has 2 heterocycles. The Morgan fingerprint density at radius 3 is 2.62 bits per heavy atom. The Morgan fingerprint density at radius 1 is 1.29 bits per heavy atom. The molecule has 1 saturated carbocycles. The van der Waals surface area contributed by atoms with Crippen LogP contribution in [0.5, 0.6) is 0 Å². The molecule has 3 rings (SSSR count). The fourth-order valence-corrected chi connectivity index (χ4v) is 4.95. The molecule has 130 valence electrons. The van der Waals surface area contributed by atoms with E-state index in [1.165, 1.54) is 54.4 Å². The van der Waals surface area contributed by atoms with Gasteiger partial charge in [0.15, 0.2) is 5.17 Å². The maximum Gasteiger partial charge on any atom is 0.266 e. The van der Waals surface area contributed by atoms with Crippen molar-refractivity contribution in [1.82, 2.24) is 9.47 Å². The largest absolute Gasteiger partial charge is 0.346 e. The van der Waals surface area contributed by atoms with Crippen molar-refractivity contribution in [1.29, 1.82) is 0 Å². The second kappa shape index (κ2) is 7.18. The molecule has 1 saturated heterocycles. The van der Waals surface area contributed by atoms with Crippen LogP contribution >= 0.6 is 11.8 Å². The summed E-state index contributed by atoms with van der Waals surface area (Å²) in [5.41, 5.74) is 3.75. The van der Waals surface area contributed by atoms with Crippen LogP contribution in [0.1, 0.15) is 62.5 Å². The molecule has 0 unspecified atom stereocenters. The number of carbonyl (C=O) groups is 1. The van der Waals surface area contributed by atoms with Crippen LogP contribution in [0.3, 0.4) is 0 Å². The molecule has 1 aromatic rings. The van der Waals surface area contributed by atoms with Gasteiger partial charge in [-0.15, -0.1) is 0 Å². The number of aryl methyl sites for hydroxylation is 1. The molecule has 4 nitrogen and oxygen atoms in total. The van der Waals surface area contributed by atoms with Gasteiger partial charge in [-0.3, -0.25) is 14.7 Å². The molecule has 2 aliphatic rings. The van der Waals surface area contributed by atoms with E-state index in [0.29, 0.717) is 19.1 Å². The molecule has 2 fully saturated rings. The minimum atomic E-state index is 0.0837. The van der Waals surface area contributed by atoms with Gasteiger partial charge in [-0.25, -0.2) is 0 Å². The predicted octanol–water partition coefficient (Wildman–Crippen LogP) is 4.53. The highest BCUT2D eigenvalue weighted by atomic mass is 32.2. The zero-order valence-corrected chi connectivity index (χ0v) is 15.9. The Labute approximate surface area is 149 Å². The second-order valence-electron chi connectivity index (χ2n) is 6.55. The van der Waals surface area contributed by atoms with Crippen LogP contribution in [0, 0.1) is 13.8 Å². The van der Waals surface area contributed by atoms with Gasteiger partial charge in [0.05, 0.1) is 4.91 Å². The monoisotopic (exact) mass is 345 g/mol. The first-order chi connectivity index (χ1) is 11.6. The number of nitrogens with zero attached hydrogens (tertiary/aromatic N) is 3. The molecular formula is C19H27N3OS. The van der Waals surface area contributed by atoms with E-state index in [1.54, 1.807) is 4.90 Å². The summed E-state index contributed by atoms with van der Waals surface area (Å²) in [6, 6.07) is 2.85. The quantitative estimate of drug-likeness (QED) is 0.752. The van der Waals surface area contributed by atoms with Crippen LogP contribution in [0.2, 0.25) is 0 Å². The molecule has 0 aromatic carbocycles. The lowest BCUT2D eigenvalue weighted by atomic mass is 10.2. The molecule has 0 N–H and O–H groups in total. The first-order valence-corrected chi connectivity index (χ1v) is 9.82. The molecule has 5 heteroatoms. The van der Waals surface area contributed by atoms with E-state index in [0.717, 1.165) is 10.1 Å². The molecular weight excluding hydrogens is 318 g/mol. The Morgan fingerprint density at radius 2 is 2.00 bits per heavy atom. The van der Waals surface area contributed by atoms with Gasteiger partial charge in [0.1, 0.15) is 0 Å². The Bertz CT molecular complexity index is 696. The summed E-state index contributed by atoms with van der Waals surface area (Å²) in [6.07, 6.45) is 7.26. The van der Waals surface area contributed by atoms with E-state index in [-0.39, 0.29) is 5.91 Å². The van der Waals surface area contributed by atoms with Crippen LogP contribution in [0.15, 0.2) is 16.0 Å². The number of amidine groups is 1. The lowest BCUT2D eigenvalue weighted by molar-refractivity contribution is -0.122. The third-order valence-corrected chi connectivity index (χ3v) is 6.04. The van der Waals surface area contributed by atoms with Crippen LogP contribution in [-0.2, 0) is 4.79 Å². The zero-order chi connectivity index (χ0) is 17.3. The molecule has 1 aliphatic carbocycles. The summed E-state index contributed by atoms with van der Waals surface area (Å²) >= 11 is 1.51. The highest BCUT2D eigenvalue weighted by Gasteiger charge is 2.32. The third-order valence-electron chi connectivity index (χ3n) is 5.00. The topological polar surface area (TPSA) is 37.6 Å². The van der Waals surface area contributed by atoms with Crippen molar-refractivity contribution in [2.24, 2.45) is 4.99 Å². The van der Waals surface area contributed by atoms with Crippen molar-refractivity contribution < 1.29 is 4.79 Å². The number of amides is 1. The number of aliphatic imine (C=N–C) groups is 1. The van der Waals surface area contributed by atoms with Crippen molar-refractivity contribution in [3.63, 3.8) is 0 Å². The predicted molar refractivity (Wildman–Crippen MR) is 102 cm³/mol. The summed E-state index contributed by atoms with van der Waals surface area (Å²) in [5, 5.41) is 0.834. The number of hydrogen-bond acceptors (Lipinski definition) is 3. The molecule has 1 amide bonds. The minimum Gasteiger partial charge on any atom is -0.346 e. The summed E-state index contributed by atoms with van der Waals surface area (Å²) < 4.78 is 2.47. The van der Waals surface area contributed by atoms with Crippen LogP contribution in [-0.4, -0.2) is 33.6 Å². The Kier molecular flexibility index (Phi) is 5.18. The van der Waals surface area contributed by atoms with E-state index in [1.807, 2.05) is 13.8 Å². The van der Waals surface area contributed by atoms with Gasteiger partial charge < -0.3 is 4.57 Å². The summed E-state index contributed by atoms with van der Waals surface area (Å²) in [5.74, 6) is 0.0837. The highest BCUT2D eigenvalue weighted by Crippen LogP contribution is 2.36. The number of hydrogen-bond donors (Lipinski definition) is 0. The average molecular weight is 346 g/mol. The maximum absolute atomic E-state index is 12.6. The van der Waals surface area contributed by atoms with E-state index < -0.39 is 0 Å². The molecule has 24 heavy (non-hydrogen) atoms. The van der Waals surface area contributed by atoms with Crippen molar-refractivity contribution in [3.8, 4) is 0 Å². The van der Waals surface area contributed by atoms with Crippen molar-refractivity contribution in [2.45, 2.75) is 59.4 Å². The molecule has 1 aromatic heterocycles. The van der Waals surface area contributed by atoms with E-state index in [9.17, 15) is 4.79 Å². The van der Waals surface area contributed by atoms with Crippen LogP contribution < -0.4 is 0 Å². The van der Waals surface area contributed by atoms with E-state index in [2.05, 4.69) is 35.5 Å². The van der Waals surface area contributed by atoms with Gasteiger partial charge in [0.25, 0.3) is 5.91 Å². The van der Waals surface area contributed by atoms with Gasteiger partial charge in [-0.1, -0.05) is 12.8 Å². The second-order valence-corrected chi connectivity index (χ2v) is 7.56. The number of aromatic nitrogens is 1. The van der Waals surface area contributed by atoms with Gasteiger partial charge in [-0.05, 0) is 70.0 Å². The van der Waals surface area contributed by atoms with Gasteiger partial charge in [-0.2, -0.15) is 0 Å². The van der Waals surface area contributed by atoms with Gasteiger partial charge in [0, 0.05) is 30.5 Å². The van der Waals surface area contributed by atoms with E-state index >= 15 is 0 Å². The SMILES string of the molecule is CCN=C1SC(=Cc2cc(C)n(C3CCCC3)c2C)C(=O)N1CC. The third kappa shape index (κ3) is 3.06. The molecule has 0 atom stereocenters. The van der Waals surface area contributed by atoms with Crippen molar-refractivity contribution in [3.05, 3.63) is 27.9 Å². The standard InChI is InChI=1S/C19H27N3OS/c1-5-20-19-21(6-2)18(23)17(24-19)12-15-11-13(3)22(14(15)4)16-9-7-8-10-16/h11-12,16H,5-10H2,1-4H3. The smallest absolute Gasteiger partial charge is 0.266 e. The number of carbonyl (C=O) groups excluding carboxylic acids is 1. The lowest BCUT2D eigenvalue weighted by Crippen LogP contribution is -2.28. The highest BCUT2D eigenvalue weighted by molar-refractivity contribution is 8.18. The van der Waals surface area contributed by atoms with E-state index in [4.69, 9.17) is 0 Å². The Balaban J connectivity index is 1.93. The van der Waals surface area contributed by atoms with Crippen molar-refractivity contribution >= 4 is 28.9 Å². The van der Waals surface area contributed by atoms with Crippen LogP contribution in [0.25, 0.3) is 6.08 Å². The normalized spacial score (nSPS) is 22.5. The number of thioether (sulfide) groups is 1. The summed E-state index contributed by atoms with van der Waals surface area (Å²) in [7, 11) is 0. The maximum atomic E-state index is 12.6. The molecule has 0 bridgehead atoms. The minimum absolute atomic E-state index is 0.0837. The summed E-state index contributed by atoms with van der Waals surface area (Å²) in [6.45, 7) is 9.74. The zero-order valence-electron chi connectivity index (χ0n) is 15.1. The summed E-state index contributed by atoms with van der Waals surface area (Å²) in [4.78, 5) is 19.7. The molecule has 0 spiro atoms. The average Bonchev–Trinajstić information content (AvgIpc) is 3.22. The van der Waals surface area contributed by atoms with Gasteiger partial charge >= 0.3 is 0 Å². The van der Waals surface area contributed by atoms with Crippen molar-refractivity contribution in [2.75, 3.05) is 13.1 Å². The van der Waals surface area contributed by atoms with Crippen LogP contribution in [0.4, 0.5) is 0 Å². The first kappa shape index (κ1) is 17.3. The first-order valence-electron chi connectivity index (χ1n) is 9.01. The molecule has 0 radical (unpaired) electrons. The van der Waals surface area contributed by atoms with Gasteiger partial charge in [0.2, 0.25) is 0 Å². The molecule has 1 aliphatic heterocycles. The number of rotatable bonds is 4.